The first-order valence-electron chi connectivity index (χ1n) is 5.73. The van der Waals surface area contributed by atoms with Gasteiger partial charge in [0.25, 0.3) is 0 Å². The fraction of sp³-hybridized carbons (Fsp3) is 0.364. The highest BCUT2D eigenvalue weighted by atomic mass is 16.5. The number of nitrogens with two attached hydrogens (primary N) is 1. The van der Waals surface area contributed by atoms with Gasteiger partial charge in [0, 0.05) is 19.2 Å². The maximum atomic E-state index is 11.1. The summed E-state index contributed by atoms with van der Waals surface area (Å²) < 4.78 is 4.96. The molecule has 0 atom stereocenters. The molecule has 8 heteroatoms. The Labute approximate surface area is 109 Å². The van der Waals surface area contributed by atoms with Gasteiger partial charge in [0.05, 0.1) is 7.11 Å². The molecule has 0 fully saturated rings. The number of carbonyl (C=O) groups excluding carboxylic acids is 1. The zero-order valence-corrected chi connectivity index (χ0v) is 10.5. The lowest BCUT2D eigenvalue weighted by molar-refractivity contribution is 0.165. The second-order valence-electron chi connectivity index (χ2n) is 3.93. The van der Waals surface area contributed by atoms with Gasteiger partial charge in [-0.15, -0.1) is 4.73 Å². The van der Waals surface area contributed by atoms with Crippen LogP contribution in [-0.2, 0) is 4.74 Å². The van der Waals surface area contributed by atoms with E-state index in [9.17, 15) is 10.0 Å². The van der Waals surface area contributed by atoms with E-state index in [-0.39, 0.29) is 11.4 Å². The quantitative estimate of drug-likeness (QED) is 0.552. The normalized spacial score (nSPS) is 15.6. The van der Waals surface area contributed by atoms with Crippen LogP contribution in [0.5, 0.6) is 0 Å². The summed E-state index contributed by atoms with van der Waals surface area (Å²) in [7, 11) is 1.20. The molecule has 3 N–H and O–H groups in total. The van der Waals surface area contributed by atoms with Crippen LogP contribution in [0.15, 0.2) is 23.2 Å². The molecule has 1 aromatic rings. The van der Waals surface area contributed by atoms with Gasteiger partial charge in [-0.25, -0.2) is 4.79 Å². The van der Waals surface area contributed by atoms with Crippen LogP contribution in [0.25, 0.3) is 0 Å². The van der Waals surface area contributed by atoms with Crippen molar-refractivity contribution in [3.05, 3.63) is 23.7 Å². The van der Waals surface area contributed by atoms with Crippen LogP contribution in [0.3, 0.4) is 0 Å². The van der Waals surface area contributed by atoms with Crippen LogP contribution in [-0.4, -0.2) is 41.2 Å². The third kappa shape index (κ3) is 2.84. The van der Waals surface area contributed by atoms with Crippen molar-refractivity contribution >= 4 is 17.9 Å². The van der Waals surface area contributed by atoms with Gasteiger partial charge >= 0.3 is 6.09 Å². The third-order valence-electron chi connectivity index (χ3n) is 2.68. The summed E-state index contributed by atoms with van der Waals surface area (Å²) in [5.74, 6) is 0.407. The van der Waals surface area contributed by atoms with E-state index in [1.165, 1.54) is 13.2 Å². The van der Waals surface area contributed by atoms with Crippen molar-refractivity contribution in [1.29, 1.82) is 0 Å². The van der Waals surface area contributed by atoms with E-state index >= 15 is 0 Å². The first kappa shape index (κ1) is 12.9. The fourth-order valence-corrected chi connectivity index (χ4v) is 1.72. The highest BCUT2D eigenvalue weighted by Gasteiger charge is 2.12. The number of carbonyl (C=O) groups is 1. The topological polar surface area (TPSA) is 106 Å². The van der Waals surface area contributed by atoms with Crippen LogP contribution in [0.4, 0.5) is 16.6 Å². The molecule has 1 amide bonds. The van der Waals surface area contributed by atoms with Gasteiger partial charge in [-0.05, 0) is 6.42 Å². The Morgan fingerprint density at radius 3 is 3.00 bits per heavy atom. The van der Waals surface area contributed by atoms with Crippen molar-refractivity contribution in [2.24, 2.45) is 4.99 Å². The van der Waals surface area contributed by atoms with Crippen molar-refractivity contribution in [1.82, 2.24) is 9.71 Å². The van der Waals surface area contributed by atoms with Gasteiger partial charge in [0.2, 0.25) is 5.95 Å². The van der Waals surface area contributed by atoms with Gasteiger partial charge in [-0.3, -0.25) is 0 Å². The van der Waals surface area contributed by atoms with Crippen LogP contribution in [0.2, 0.25) is 0 Å². The predicted molar refractivity (Wildman–Crippen MR) is 67.8 cm³/mol. The molecule has 0 bridgehead atoms. The Morgan fingerprint density at radius 2 is 2.37 bits per heavy atom. The summed E-state index contributed by atoms with van der Waals surface area (Å²) in [6, 6.07) is 1.48. The van der Waals surface area contributed by atoms with Crippen LogP contribution < -0.4 is 16.1 Å². The molecule has 8 nitrogen and oxygen atoms in total. The molecule has 0 aromatic carbocycles. The standard InChI is InChI=1S/C11H15N5O3/c1-19-11(17)14-9-7-8(13-10(12)16(9)18)15-5-3-2-4-6-15/h2-3,7,18H,4-6H2,1H3,(H2,12,13)/b14-9+. The van der Waals surface area contributed by atoms with Gasteiger partial charge in [-0.1, -0.05) is 12.2 Å². The van der Waals surface area contributed by atoms with E-state index in [2.05, 4.69) is 20.8 Å². The first-order valence-corrected chi connectivity index (χ1v) is 5.73. The summed E-state index contributed by atoms with van der Waals surface area (Å²) in [6.07, 6.45) is 4.17. The maximum Gasteiger partial charge on any atom is 0.435 e. The molecule has 2 rings (SSSR count). The van der Waals surface area contributed by atoms with E-state index in [0.29, 0.717) is 17.1 Å². The van der Waals surface area contributed by atoms with E-state index in [1.54, 1.807) is 0 Å². The minimum Gasteiger partial charge on any atom is -0.451 e. The average molecular weight is 265 g/mol. The fourth-order valence-electron chi connectivity index (χ4n) is 1.72. The zero-order valence-electron chi connectivity index (χ0n) is 10.5. The SMILES string of the molecule is COC(=O)/N=c1\cc(N2CC=CCC2)nc(N)n1O. The molecule has 0 unspecified atom stereocenters. The highest BCUT2D eigenvalue weighted by Crippen LogP contribution is 2.13. The molecule has 0 spiro atoms. The number of aromatic nitrogens is 2. The van der Waals surface area contributed by atoms with Crippen LogP contribution >= 0.6 is 0 Å². The molecule has 0 radical (unpaired) electrons. The number of ether oxygens (including phenoxy) is 1. The van der Waals surface area contributed by atoms with Crippen molar-refractivity contribution in [2.75, 3.05) is 30.8 Å². The number of nitrogens with zero attached hydrogens (tertiary/aromatic N) is 4. The van der Waals surface area contributed by atoms with Crippen molar-refractivity contribution in [2.45, 2.75) is 6.42 Å². The minimum absolute atomic E-state index is 0.0242. The van der Waals surface area contributed by atoms with Crippen LogP contribution in [0.1, 0.15) is 6.42 Å². The Balaban J connectivity index is 2.44. The number of rotatable bonds is 1. The van der Waals surface area contributed by atoms with Crippen LogP contribution in [0, 0.1) is 0 Å². The van der Waals surface area contributed by atoms with E-state index in [0.717, 1.165) is 13.0 Å². The molecule has 2 heterocycles. The molecule has 0 aliphatic carbocycles. The number of methoxy groups -OCH3 is 1. The number of hydrogen-bond acceptors (Lipinski definition) is 6. The monoisotopic (exact) mass is 265 g/mol. The molecule has 1 aromatic heterocycles. The van der Waals surface area contributed by atoms with E-state index in [1.807, 2.05) is 11.0 Å². The average Bonchev–Trinajstić information content (AvgIpc) is 2.44. The minimum atomic E-state index is -0.821. The second-order valence-corrected chi connectivity index (χ2v) is 3.93. The maximum absolute atomic E-state index is 11.1. The summed E-state index contributed by atoms with van der Waals surface area (Å²) in [5, 5.41) is 9.66. The van der Waals surface area contributed by atoms with Gasteiger partial charge in [0.15, 0.2) is 5.49 Å². The van der Waals surface area contributed by atoms with E-state index < -0.39 is 6.09 Å². The number of amides is 1. The van der Waals surface area contributed by atoms with Gasteiger partial charge < -0.3 is 20.6 Å². The predicted octanol–water partition coefficient (Wildman–Crippen LogP) is 0.136. The molecule has 1 aliphatic heterocycles. The van der Waals surface area contributed by atoms with Gasteiger partial charge in [0.1, 0.15) is 5.82 Å². The van der Waals surface area contributed by atoms with E-state index in [4.69, 9.17) is 5.73 Å². The summed E-state index contributed by atoms with van der Waals surface area (Å²) in [5.41, 5.74) is 5.57. The Bertz CT molecular complexity index is 578. The molecular weight excluding hydrogens is 250 g/mol. The van der Waals surface area contributed by atoms with Crippen molar-refractivity contribution < 1.29 is 14.7 Å². The molecule has 102 valence electrons. The first-order chi connectivity index (χ1) is 9.11. The van der Waals surface area contributed by atoms with Crippen molar-refractivity contribution in [3.63, 3.8) is 0 Å². The summed E-state index contributed by atoms with van der Waals surface area (Å²) in [6.45, 7) is 1.48. The smallest absolute Gasteiger partial charge is 0.435 e. The molecule has 0 saturated carbocycles. The lowest BCUT2D eigenvalue weighted by atomic mass is 10.2. The summed E-state index contributed by atoms with van der Waals surface area (Å²) in [4.78, 5) is 20.7. The lowest BCUT2D eigenvalue weighted by Gasteiger charge is -2.24. The number of anilines is 2. The molecular formula is C11H15N5O3. The Hall–Kier alpha value is -2.51. The Morgan fingerprint density at radius 1 is 1.58 bits per heavy atom. The second kappa shape index (κ2) is 5.42. The number of hydrogen-bond donors (Lipinski definition) is 2. The third-order valence-corrected chi connectivity index (χ3v) is 2.68. The molecule has 19 heavy (non-hydrogen) atoms. The molecule has 0 saturated heterocycles. The Kier molecular flexibility index (Phi) is 3.69. The van der Waals surface area contributed by atoms with Crippen molar-refractivity contribution in [3.8, 4) is 0 Å². The number of nitrogen functional groups attached to an aromatic ring is 1. The zero-order chi connectivity index (χ0) is 13.8. The lowest BCUT2D eigenvalue weighted by Crippen LogP contribution is -2.32. The molecule has 1 aliphatic rings. The highest BCUT2D eigenvalue weighted by molar-refractivity contribution is 5.68. The largest absolute Gasteiger partial charge is 0.451 e. The summed E-state index contributed by atoms with van der Waals surface area (Å²) >= 11 is 0. The van der Waals surface area contributed by atoms with Gasteiger partial charge in [-0.2, -0.15) is 9.98 Å².